The SMILES string of the molecule is CCc1ccccc1-c1cnc(N2CCNC(=O)CC2)nc1. The number of hydrogen-bond donors (Lipinski definition) is 1. The van der Waals surface area contributed by atoms with E-state index in [2.05, 4.69) is 40.4 Å². The Kier molecular flexibility index (Phi) is 4.32. The summed E-state index contributed by atoms with van der Waals surface area (Å²) < 4.78 is 0. The maximum atomic E-state index is 11.4. The normalized spacial score (nSPS) is 15.3. The number of rotatable bonds is 3. The summed E-state index contributed by atoms with van der Waals surface area (Å²) in [7, 11) is 0. The molecule has 0 radical (unpaired) electrons. The van der Waals surface area contributed by atoms with Crippen LogP contribution in [0, 0.1) is 0 Å². The summed E-state index contributed by atoms with van der Waals surface area (Å²) >= 11 is 0. The minimum atomic E-state index is 0.0935. The van der Waals surface area contributed by atoms with E-state index in [4.69, 9.17) is 0 Å². The lowest BCUT2D eigenvalue weighted by molar-refractivity contribution is -0.120. The van der Waals surface area contributed by atoms with Crippen molar-refractivity contribution < 1.29 is 4.79 Å². The van der Waals surface area contributed by atoms with Gasteiger partial charge in [0.15, 0.2) is 0 Å². The quantitative estimate of drug-likeness (QED) is 0.941. The highest BCUT2D eigenvalue weighted by molar-refractivity contribution is 5.77. The fourth-order valence-corrected chi connectivity index (χ4v) is 2.70. The Hall–Kier alpha value is -2.43. The van der Waals surface area contributed by atoms with Crippen molar-refractivity contribution in [3.05, 3.63) is 42.2 Å². The van der Waals surface area contributed by atoms with Gasteiger partial charge in [0, 0.05) is 44.0 Å². The highest BCUT2D eigenvalue weighted by atomic mass is 16.1. The van der Waals surface area contributed by atoms with Gasteiger partial charge in [0.25, 0.3) is 0 Å². The van der Waals surface area contributed by atoms with Crippen LogP contribution in [0.3, 0.4) is 0 Å². The molecule has 0 bridgehead atoms. The largest absolute Gasteiger partial charge is 0.354 e. The Bertz CT molecular complexity index is 654. The van der Waals surface area contributed by atoms with E-state index >= 15 is 0 Å². The minimum Gasteiger partial charge on any atom is -0.354 e. The Morgan fingerprint density at radius 3 is 2.73 bits per heavy atom. The van der Waals surface area contributed by atoms with Crippen LogP contribution in [-0.4, -0.2) is 35.5 Å². The zero-order valence-corrected chi connectivity index (χ0v) is 12.7. The molecule has 1 aromatic carbocycles. The Balaban J connectivity index is 1.82. The van der Waals surface area contributed by atoms with Crippen LogP contribution in [0.5, 0.6) is 0 Å². The molecule has 0 aliphatic carbocycles. The van der Waals surface area contributed by atoms with E-state index in [1.54, 1.807) is 0 Å². The van der Waals surface area contributed by atoms with E-state index in [9.17, 15) is 4.79 Å². The molecule has 0 atom stereocenters. The molecule has 22 heavy (non-hydrogen) atoms. The topological polar surface area (TPSA) is 58.1 Å². The molecule has 1 fully saturated rings. The molecule has 1 aromatic heterocycles. The molecule has 1 amide bonds. The average Bonchev–Trinajstić information content (AvgIpc) is 2.79. The molecular formula is C17H20N4O. The maximum Gasteiger partial charge on any atom is 0.225 e. The van der Waals surface area contributed by atoms with Crippen LogP contribution in [-0.2, 0) is 11.2 Å². The molecule has 5 nitrogen and oxygen atoms in total. The maximum absolute atomic E-state index is 11.4. The lowest BCUT2D eigenvalue weighted by Gasteiger charge is -2.19. The molecule has 5 heteroatoms. The van der Waals surface area contributed by atoms with Crippen LogP contribution in [0.2, 0.25) is 0 Å². The van der Waals surface area contributed by atoms with E-state index in [1.165, 1.54) is 11.1 Å². The van der Waals surface area contributed by atoms with Gasteiger partial charge in [-0.3, -0.25) is 4.79 Å². The minimum absolute atomic E-state index is 0.0935. The van der Waals surface area contributed by atoms with E-state index in [1.807, 2.05) is 23.4 Å². The van der Waals surface area contributed by atoms with Gasteiger partial charge in [-0.2, -0.15) is 0 Å². The van der Waals surface area contributed by atoms with Gasteiger partial charge in [0.05, 0.1) is 0 Å². The summed E-state index contributed by atoms with van der Waals surface area (Å²) in [4.78, 5) is 22.4. The van der Waals surface area contributed by atoms with Crippen LogP contribution >= 0.6 is 0 Å². The van der Waals surface area contributed by atoms with Crippen LogP contribution in [0.15, 0.2) is 36.7 Å². The molecule has 3 rings (SSSR count). The van der Waals surface area contributed by atoms with E-state index in [0.717, 1.165) is 18.5 Å². The number of hydrogen-bond acceptors (Lipinski definition) is 4. The number of anilines is 1. The number of nitrogens with one attached hydrogen (secondary N) is 1. The second-order valence-corrected chi connectivity index (χ2v) is 5.37. The van der Waals surface area contributed by atoms with Gasteiger partial charge in [-0.1, -0.05) is 31.2 Å². The smallest absolute Gasteiger partial charge is 0.225 e. The van der Waals surface area contributed by atoms with Gasteiger partial charge in [-0.15, -0.1) is 0 Å². The van der Waals surface area contributed by atoms with E-state index < -0.39 is 0 Å². The number of aryl methyl sites for hydroxylation is 1. The van der Waals surface area contributed by atoms with Gasteiger partial charge in [-0.05, 0) is 17.5 Å². The summed E-state index contributed by atoms with van der Waals surface area (Å²) in [5.74, 6) is 0.783. The lowest BCUT2D eigenvalue weighted by Crippen LogP contribution is -2.29. The summed E-state index contributed by atoms with van der Waals surface area (Å²) in [6.07, 6.45) is 5.22. The fraction of sp³-hybridized carbons (Fsp3) is 0.353. The van der Waals surface area contributed by atoms with Gasteiger partial charge in [0.1, 0.15) is 0 Å². The molecule has 1 aliphatic heterocycles. The Morgan fingerprint density at radius 2 is 1.95 bits per heavy atom. The van der Waals surface area contributed by atoms with Crippen molar-refractivity contribution in [1.29, 1.82) is 0 Å². The number of amides is 1. The number of nitrogens with zero attached hydrogens (tertiary/aromatic N) is 3. The summed E-state index contributed by atoms with van der Waals surface area (Å²) in [6, 6.07) is 8.33. The molecule has 0 spiro atoms. The molecule has 0 unspecified atom stereocenters. The van der Waals surface area contributed by atoms with Crippen molar-refractivity contribution >= 4 is 11.9 Å². The molecule has 1 saturated heterocycles. The van der Waals surface area contributed by atoms with Crippen molar-refractivity contribution in [3.8, 4) is 11.1 Å². The van der Waals surface area contributed by atoms with Gasteiger partial charge in [-0.25, -0.2) is 9.97 Å². The van der Waals surface area contributed by atoms with Crippen molar-refractivity contribution in [2.75, 3.05) is 24.5 Å². The highest BCUT2D eigenvalue weighted by Crippen LogP contribution is 2.23. The third-order valence-corrected chi connectivity index (χ3v) is 3.94. The third-order valence-electron chi connectivity index (χ3n) is 3.94. The van der Waals surface area contributed by atoms with Crippen LogP contribution in [0.25, 0.3) is 11.1 Å². The predicted octanol–water partition coefficient (Wildman–Crippen LogP) is 2.03. The predicted molar refractivity (Wildman–Crippen MR) is 86.7 cm³/mol. The van der Waals surface area contributed by atoms with Crippen molar-refractivity contribution in [3.63, 3.8) is 0 Å². The van der Waals surface area contributed by atoms with Crippen molar-refractivity contribution in [1.82, 2.24) is 15.3 Å². The summed E-state index contributed by atoms with van der Waals surface area (Å²) in [5, 5.41) is 2.86. The zero-order chi connectivity index (χ0) is 15.4. The monoisotopic (exact) mass is 296 g/mol. The average molecular weight is 296 g/mol. The number of carbonyl (C=O) groups is 1. The van der Waals surface area contributed by atoms with E-state index in [-0.39, 0.29) is 5.91 Å². The number of benzene rings is 1. The van der Waals surface area contributed by atoms with Gasteiger partial charge < -0.3 is 10.2 Å². The molecule has 1 N–H and O–H groups in total. The zero-order valence-electron chi connectivity index (χ0n) is 12.7. The third kappa shape index (κ3) is 3.08. The van der Waals surface area contributed by atoms with Gasteiger partial charge in [0.2, 0.25) is 11.9 Å². The van der Waals surface area contributed by atoms with Crippen LogP contribution < -0.4 is 10.2 Å². The Morgan fingerprint density at radius 1 is 1.18 bits per heavy atom. The molecule has 2 heterocycles. The second kappa shape index (κ2) is 6.56. The lowest BCUT2D eigenvalue weighted by atomic mass is 10.0. The first-order valence-corrected chi connectivity index (χ1v) is 7.70. The summed E-state index contributed by atoms with van der Waals surface area (Å²) in [6.45, 7) is 4.20. The number of aromatic nitrogens is 2. The fourth-order valence-electron chi connectivity index (χ4n) is 2.70. The molecule has 2 aromatic rings. The summed E-state index contributed by atoms with van der Waals surface area (Å²) in [5.41, 5.74) is 3.51. The first kappa shape index (κ1) is 14.5. The van der Waals surface area contributed by atoms with Crippen LogP contribution in [0.1, 0.15) is 18.9 Å². The van der Waals surface area contributed by atoms with E-state index in [0.29, 0.717) is 25.5 Å². The standard InChI is InChI=1S/C17H20N4O/c1-2-13-5-3-4-6-15(13)14-11-19-17(20-12-14)21-9-7-16(22)18-8-10-21/h3-6,11-12H,2,7-10H2,1H3,(H,18,22). The first-order chi connectivity index (χ1) is 10.8. The van der Waals surface area contributed by atoms with Crippen molar-refractivity contribution in [2.24, 2.45) is 0 Å². The Labute approximate surface area is 130 Å². The highest BCUT2D eigenvalue weighted by Gasteiger charge is 2.16. The van der Waals surface area contributed by atoms with Crippen molar-refractivity contribution in [2.45, 2.75) is 19.8 Å². The number of carbonyl (C=O) groups excluding carboxylic acids is 1. The first-order valence-electron chi connectivity index (χ1n) is 7.70. The molecule has 1 aliphatic rings. The molecule has 114 valence electrons. The second-order valence-electron chi connectivity index (χ2n) is 5.37. The molecular weight excluding hydrogens is 276 g/mol. The van der Waals surface area contributed by atoms with Gasteiger partial charge >= 0.3 is 0 Å². The van der Waals surface area contributed by atoms with Crippen LogP contribution in [0.4, 0.5) is 5.95 Å². The molecule has 0 saturated carbocycles.